The quantitative estimate of drug-likeness (QED) is 0.875. The van der Waals surface area contributed by atoms with E-state index in [0.717, 1.165) is 15.4 Å². The highest BCUT2D eigenvalue weighted by molar-refractivity contribution is 7.19. The first kappa shape index (κ1) is 11.7. The van der Waals surface area contributed by atoms with Gasteiger partial charge in [-0.3, -0.25) is 4.79 Å². The monoisotopic (exact) mass is 246 g/mol. The second kappa shape index (κ2) is 4.59. The van der Waals surface area contributed by atoms with Crippen LogP contribution in [0.4, 0.5) is 5.00 Å². The summed E-state index contributed by atoms with van der Waals surface area (Å²) in [6.07, 6.45) is 0. The Morgan fingerprint density at radius 3 is 2.59 bits per heavy atom. The summed E-state index contributed by atoms with van der Waals surface area (Å²) in [5.41, 5.74) is 8.23. The summed E-state index contributed by atoms with van der Waals surface area (Å²) >= 11 is 1.54. The molecule has 0 saturated carbocycles. The Kier molecular flexibility index (Phi) is 3.15. The van der Waals surface area contributed by atoms with Crippen LogP contribution in [0.15, 0.2) is 30.3 Å². The maximum atomic E-state index is 11.3. The van der Waals surface area contributed by atoms with Crippen LogP contribution in [-0.4, -0.2) is 13.0 Å². The number of nitrogens with two attached hydrogens (primary N) is 1. The number of primary amides is 1. The van der Waals surface area contributed by atoms with Crippen molar-refractivity contribution in [1.29, 1.82) is 0 Å². The van der Waals surface area contributed by atoms with Crippen molar-refractivity contribution < 1.29 is 4.79 Å². The molecule has 2 rings (SSSR count). The van der Waals surface area contributed by atoms with Gasteiger partial charge in [0, 0.05) is 11.9 Å². The van der Waals surface area contributed by atoms with Gasteiger partial charge < -0.3 is 11.1 Å². The van der Waals surface area contributed by atoms with E-state index in [9.17, 15) is 4.79 Å². The lowest BCUT2D eigenvalue weighted by Gasteiger charge is -2.01. The Hall–Kier alpha value is -1.81. The number of anilines is 1. The number of carbonyl (C=O) groups is 1. The second-order valence-corrected chi connectivity index (χ2v) is 4.83. The number of amides is 1. The first-order chi connectivity index (χ1) is 8.13. The first-order valence-corrected chi connectivity index (χ1v) is 6.12. The van der Waals surface area contributed by atoms with E-state index in [1.165, 1.54) is 5.56 Å². The molecule has 3 N–H and O–H groups in total. The minimum Gasteiger partial charge on any atom is -0.379 e. The van der Waals surface area contributed by atoms with Crippen LogP contribution in [0, 0.1) is 6.92 Å². The zero-order valence-corrected chi connectivity index (χ0v) is 10.6. The number of benzene rings is 1. The average Bonchev–Trinajstić information content (AvgIpc) is 2.73. The molecule has 3 nitrogen and oxygen atoms in total. The van der Waals surface area contributed by atoms with Gasteiger partial charge in [0.25, 0.3) is 5.91 Å². The third kappa shape index (κ3) is 2.17. The molecule has 0 spiro atoms. The Balaban J connectivity index is 2.54. The van der Waals surface area contributed by atoms with Gasteiger partial charge in [-0.05, 0) is 24.1 Å². The van der Waals surface area contributed by atoms with Crippen LogP contribution < -0.4 is 11.1 Å². The van der Waals surface area contributed by atoms with Crippen molar-refractivity contribution in [1.82, 2.24) is 0 Å². The molecule has 0 fully saturated rings. The molecule has 0 saturated heterocycles. The predicted molar refractivity (Wildman–Crippen MR) is 72.6 cm³/mol. The second-order valence-electron chi connectivity index (χ2n) is 3.78. The zero-order valence-electron chi connectivity index (χ0n) is 9.78. The molecule has 0 aliphatic carbocycles. The summed E-state index contributed by atoms with van der Waals surface area (Å²) in [6, 6.07) is 9.94. The number of nitrogens with one attached hydrogen (secondary N) is 1. The van der Waals surface area contributed by atoms with Crippen LogP contribution in [0.3, 0.4) is 0 Å². The van der Waals surface area contributed by atoms with E-state index in [0.29, 0.717) is 5.56 Å². The summed E-state index contributed by atoms with van der Waals surface area (Å²) in [7, 11) is 1.79. The van der Waals surface area contributed by atoms with Crippen molar-refractivity contribution >= 4 is 22.2 Å². The average molecular weight is 246 g/mol. The van der Waals surface area contributed by atoms with E-state index in [2.05, 4.69) is 18.3 Å². The molecule has 1 amide bonds. The van der Waals surface area contributed by atoms with Gasteiger partial charge in [0.05, 0.1) is 5.56 Å². The van der Waals surface area contributed by atoms with E-state index >= 15 is 0 Å². The van der Waals surface area contributed by atoms with Crippen molar-refractivity contribution in [2.24, 2.45) is 5.73 Å². The van der Waals surface area contributed by atoms with E-state index in [4.69, 9.17) is 5.73 Å². The van der Waals surface area contributed by atoms with Gasteiger partial charge in [0.15, 0.2) is 0 Å². The Bertz CT molecular complexity index is 560. The minimum atomic E-state index is -0.398. The number of carbonyl (C=O) groups excluding carboxylic acids is 1. The molecule has 0 unspecified atom stereocenters. The molecule has 88 valence electrons. The topological polar surface area (TPSA) is 55.1 Å². The molecule has 4 heteroatoms. The van der Waals surface area contributed by atoms with E-state index in [-0.39, 0.29) is 0 Å². The number of hydrogen-bond donors (Lipinski definition) is 2. The molecule has 0 aliphatic heterocycles. The van der Waals surface area contributed by atoms with Crippen LogP contribution in [-0.2, 0) is 0 Å². The van der Waals surface area contributed by atoms with Gasteiger partial charge in [0.2, 0.25) is 0 Å². The molecular weight excluding hydrogens is 232 g/mol. The maximum Gasteiger partial charge on any atom is 0.251 e. The predicted octanol–water partition coefficient (Wildman–Crippen LogP) is 2.86. The smallest absolute Gasteiger partial charge is 0.251 e. The highest BCUT2D eigenvalue weighted by Crippen LogP contribution is 2.36. The lowest BCUT2D eigenvalue weighted by atomic mass is 10.1. The lowest BCUT2D eigenvalue weighted by Crippen LogP contribution is -2.11. The van der Waals surface area contributed by atoms with E-state index in [1.54, 1.807) is 18.4 Å². The molecule has 1 heterocycles. The van der Waals surface area contributed by atoms with Gasteiger partial charge in [0.1, 0.15) is 5.00 Å². The van der Waals surface area contributed by atoms with Crippen molar-refractivity contribution in [3.8, 4) is 10.4 Å². The molecule has 17 heavy (non-hydrogen) atoms. The molecule has 2 aromatic rings. The summed E-state index contributed by atoms with van der Waals surface area (Å²) < 4.78 is 0. The fourth-order valence-electron chi connectivity index (χ4n) is 1.74. The summed E-state index contributed by atoms with van der Waals surface area (Å²) in [5.74, 6) is -0.398. The highest BCUT2D eigenvalue weighted by atomic mass is 32.1. The van der Waals surface area contributed by atoms with Gasteiger partial charge in [-0.25, -0.2) is 0 Å². The molecule has 1 aromatic heterocycles. The summed E-state index contributed by atoms with van der Waals surface area (Å²) in [4.78, 5) is 12.4. The Morgan fingerprint density at radius 2 is 2.06 bits per heavy atom. The van der Waals surface area contributed by atoms with Crippen LogP contribution in [0.5, 0.6) is 0 Å². The minimum absolute atomic E-state index is 0.398. The number of aryl methyl sites for hydroxylation is 1. The Labute approximate surface area is 104 Å². The highest BCUT2D eigenvalue weighted by Gasteiger charge is 2.14. The molecule has 0 radical (unpaired) electrons. The number of hydrogen-bond acceptors (Lipinski definition) is 3. The fourth-order valence-corrected chi connectivity index (χ4v) is 2.85. The van der Waals surface area contributed by atoms with Crippen LogP contribution in [0.25, 0.3) is 10.4 Å². The number of thiophene rings is 1. The standard InChI is InChI=1S/C13H14N2OS/c1-8-5-3-4-6-9(8)11-7-10(12(14)16)13(15-2)17-11/h3-7,15H,1-2H3,(H2,14,16). The van der Waals surface area contributed by atoms with E-state index in [1.807, 2.05) is 24.3 Å². The molecule has 0 aliphatic rings. The van der Waals surface area contributed by atoms with E-state index < -0.39 is 5.91 Å². The maximum absolute atomic E-state index is 11.3. The molecular formula is C13H14N2OS. The summed E-state index contributed by atoms with van der Waals surface area (Å²) in [6.45, 7) is 2.05. The van der Waals surface area contributed by atoms with Crippen LogP contribution in [0.2, 0.25) is 0 Å². The molecule has 1 aromatic carbocycles. The van der Waals surface area contributed by atoms with Gasteiger partial charge in [-0.2, -0.15) is 0 Å². The van der Waals surface area contributed by atoms with Gasteiger partial charge in [-0.1, -0.05) is 24.3 Å². The third-order valence-electron chi connectivity index (χ3n) is 2.64. The van der Waals surface area contributed by atoms with Crippen molar-refractivity contribution in [2.45, 2.75) is 6.92 Å². The third-order valence-corrected chi connectivity index (χ3v) is 3.82. The van der Waals surface area contributed by atoms with Crippen LogP contribution >= 0.6 is 11.3 Å². The normalized spacial score (nSPS) is 10.2. The number of rotatable bonds is 3. The van der Waals surface area contributed by atoms with Crippen molar-refractivity contribution in [3.63, 3.8) is 0 Å². The van der Waals surface area contributed by atoms with Crippen molar-refractivity contribution in [2.75, 3.05) is 12.4 Å². The Morgan fingerprint density at radius 1 is 1.35 bits per heavy atom. The summed E-state index contributed by atoms with van der Waals surface area (Å²) in [5, 5.41) is 3.82. The zero-order chi connectivity index (χ0) is 12.4. The SMILES string of the molecule is CNc1sc(-c2ccccc2C)cc1C(N)=O. The largest absolute Gasteiger partial charge is 0.379 e. The molecule has 0 bridgehead atoms. The van der Waals surface area contributed by atoms with Crippen LogP contribution in [0.1, 0.15) is 15.9 Å². The lowest BCUT2D eigenvalue weighted by molar-refractivity contribution is 0.100. The fraction of sp³-hybridized carbons (Fsp3) is 0.154. The molecule has 0 atom stereocenters. The van der Waals surface area contributed by atoms with Crippen molar-refractivity contribution in [3.05, 3.63) is 41.5 Å². The van der Waals surface area contributed by atoms with Gasteiger partial charge >= 0.3 is 0 Å². The van der Waals surface area contributed by atoms with Gasteiger partial charge in [-0.15, -0.1) is 11.3 Å². The first-order valence-electron chi connectivity index (χ1n) is 5.31.